The summed E-state index contributed by atoms with van der Waals surface area (Å²) in [5, 5.41) is 3.27. The van der Waals surface area contributed by atoms with E-state index in [0.29, 0.717) is 34.6 Å². The highest BCUT2D eigenvalue weighted by Crippen LogP contribution is 2.33. The van der Waals surface area contributed by atoms with E-state index in [1.165, 1.54) is 19.3 Å². The fourth-order valence-electron chi connectivity index (χ4n) is 4.89. The molecule has 28 heavy (non-hydrogen) atoms. The Balaban J connectivity index is 1.57. The predicted octanol–water partition coefficient (Wildman–Crippen LogP) is 3.55. The van der Waals surface area contributed by atoms with Gasteiger partial charge in [-0.05, 0) is 57.7 Å². The number of fused-ring (bicyclic) bond motifs is 3. The molecular weight excluding hydrogens is 352 g/mol. The van der Waals surface area contributed by atoms with Gasteiger partial charge in [0.1, 0.15) is 5.52 Å². The monoisotopic (exact) mass is 384 g/mol. The van der Waals surface area contributed by atoms with Crippen molar-refractivity contribution in [1.29, 1.82) is 0 Å². The van der Waals surface area contributed by atoms with Crippen molar-refractivity contribution in [2.75, 3.05) is 7.05 Å². The number of para-hydroxylation sites is 1. The van der Waals surface area contributed by atoms with Crippen molar-refractivity contribution >= 4 is 17.0 Å². The van der Waals surface area contributed by atoms with Crippen LogP contribution in [0.1, 0.15) is 75.0 Å². The first kappa shape index (κ1) is 19.4. The minimum Gasteiger partial charge on any atom is -0.439 e. The Morgan fingerprint density at radius 2 is 1.96 bits per heavy atom. The van der Waals surface area contributed by atoms with E-state index in [0.717, 1.165) is 25.7 Å². The van der Waals surface area contributed by atoms with Crippen LogP contribution < -0.4 is 11.1 Å². The molecule has 2 fully saturated rings. The standard InChI is InChI=1S/C22H32N4O2/c1-4-22(23,5-2)21-25-19-17(10-7-11-18(19)28-21)20(27)24-14-12-15-8-6-9-16(13-14)26(15)3/h7,10-11,14-16H,4-6,8-9,12-13,23H2,1-3H3,(H,24,27). The smallest absolute Gasteiger partial charge is 0.253 e. The third-order valence-electron chi connectivity index (χ3n) is 7.03. The molecule has 0 radical (unpaired) electrons. The van der Waals surface area contributed by atoms with Crippen LogP contribution >= 0.6 is 0 Å². The number of amides is 1. The van der Waals surface area contributed by atoms with E-state index in [-0.39, 0.29) is 11.9 Å². The molecule has 0 saturated carbocycles. The summed E-state index contributed by atoms with van der Waals surface area (Å²) in [6, 6.07) is 6.93. The number of nitrogens with one attached hydrogen (secondary N) is 1. The minimum absolute atomic E-state index is 0.0614. The highest BCUT2D eigenvalue weighted by molar-refractivity contribution is 6.04. The van der Waals surface area contributed by atoms with Crippen LogP contribution in [0, 0.1) is 0 Å². The van der Waals surface area contributed by atoms with E-state index in [4.69, 9.17) is 10.2 Å². The van der Waals surface area contributed by atoms with Gasteiger partial charge in [0, 0.05) is 18.1 Å². The number of benzene rings is 1. The number of carbonyl (C=O) groups excluding carboxylic acids is 1. The summed E-state index contributed by atoms with van der Waals surface area (Å²) in [7, 11) is 2.23. The van der Waals surface area contributed by atoms with Crippen molar-refractivity contribution in [2.24, 2.45) is 5.73 Å². The number of piperidine rings is 2. The highest BCUT2D eigenvalue weighted by Gasteiger charge is 2.37. The zero-order chi connectivity index (χ0) is 19.9. The van der Waals surface area contributed by atoms with Crippen LogP contribution in [0.15, 0.2) is 22.6 Å². The fourth-order valence-corrected chi connectivity index (χ4v) is 4.89. The summed E-state index contributed by atoms with van der Waals surface area (Å²) >= 11 is 0. The van der Waals surface area contributed by atoms with E-state index in [9.17, 15) is 4.79 Å². The Kier molecular flexibility index (Phi) is 5.19. The third kappa shape index (κ3) is 3.33. The summed E-state index contributed by atoms with van der Waals surface area (Å²) in [4.78, 5) is 20.2. The van der Waals surface area contributed by atoms with E-state index in [1.54, 1.807) is 0 Å². The number of oxazole rings is 1. The molecule has 1 aromatic carbocycles. The first-order valence-electron chi connectivity index (χ1n) is 10.7. The van der Waals surface area contributed by atoms with E-state index >= 15 is 0 Å². The lowest BCUT2D eigenvalue weighted by molar-refractivity contribution is 0.0463. The summed E-state index contributed by atoms with van der Waals surface area (Å²) in [6.07, 6.45) is 7.28. The van der Waals surface area contributed by atoms with Crippen molar-refractivity contribution in [3.05, 3.63) is 29.7 Å². The molecule has 0 spiro atoms. The largest absolute Gasteiger partial charge is 0.439 e. The maximum atomic E-state index is 13.1. The third-order valence-corrected chi connectivity index (χ3v) is 7.03. The van der Waals surface area contributed by atoms with Gasteiger partial charge < -0.3 is 20.4 Å². The van der Waals surface area contributed by atoms with E-state index in [2.05, 4.69) is 22.2 Å². The van der Waals surface area contributed by atoms with Gasteiger partial charge in [0.2, 0.25) is 5.89 Å². The van der Waals surface area contributed by atoms with Crippen molar-refractivity contribution in [3.63, 3.8) is 0 Å². The maximum Gasteiger partial charge on any atom is 0.253 e. The number of rotatable bonds is 5. The lowest BCUT2D eigenvalue weighted by Crippen LogP contribution is -2.55. The van der Waals surface area contributed by atoms with Gasteiger partial charge in [0.05, 0.1) is 11.1 Å². The SMILES string of the molecule is CCC(N)(CC)c1nc2c(C(=O)NC3CC4CCCC(C3)N4C)cccc2o1. The zero-order valence-corrected chi connectivity index (χ0v) is 17.2. The van der Waals surface area contributed by atoms with Crippen LogP contribution in [0.5, 0.6) is 0 Å². The topological polar surface area (TPSA) is 84.4 Å². The number of aromatic nitrogens is 1. The van der Waals surface area contributed by atoms with Gasteiger partial charge in [0.15, 0.2) is 5.58 Å². The number of nitrogens with zero attached hydrogens (tertiary/aromatic N) is 2. The number of hydrogen-bond donors (Lipinski definition) is 2. The molecule has 0 aliphatic carbocycles. The molecule has 4 rings (SSSR count). The quantitative estimate of drug-likeness (QED) is 0.824. The molecular formula is C22H32N4O2. The Hall–Kier alpha value is -1.92. The lowest BCUT2D eigenvalue weighted by atomic mass is 9.82. The molecule has 152 valence electrons. The zero-order valence-electron chi connectivity index (χ0n) is 17.2. The summed E-state index contributed by atoms with van der Waals surface area (Å²) in [5.74, 6) is 0.454. The highest BCUT2D eigenvalue weighted by atomic mass is 16.4. The van der Waals surface area contributed by atoms with Gasteiger partial charge in [0.25, 0.3) is 5.91 Å². The first-order valence-corrected chi connectivity index (χ1v) is 10.7. The second-order valence-corrected chi connectivity index (χ2v) is 8.58. The Morgan fingerprint density at radius 3 is 2.61 bits per heavy atom. The molecule has 2 bridgehead atoms. The molecule has 6 nitrogen and oxygen atoms in total. The van der Waals surface area contributed by atoms with Crippen LogP contribution in [0.25, 0.3) is 11.1 Å². The molecule has 2 aliphatic rings. The van der Waals surface area contributed by atoms with Gasteiger partial charge in [-0.25, -0.2) is 4.98 Å². The molecule has 2 atom stereocenters. The maximum absolute atomic E-state index is 13.1. The summed E-state index contributed by atoms with van der Waals surface area (Å²) in [6.45, 7) is 4.06. The fraction of sp³-hybridized carbons (Fsp3) is 0.636. The normalized spacial score (nSPS) is 25.8. The minimum atomic E-state index is -0.599. The van der Waals surface area contributed by atoms with Crippen molar-refractivity contribution < 1.29 is 9.21 Å². The lowest BCUT2D eigenvalue weighted by Gasteiger charge is -2.47. The van der Waals surface area contributed by atoms with Crippen LogP contribution in [-0.2, 0) is 5.54 Å². The van der Waals surface area contributed by atoms with Crippen molar-refractivity contribution in [1.82, 2.24) is 15.2 Å². The van der Waals surface area contributed by atoms with Gasteiger partial charge in [-0.3, -0.25) is 4.79 Å². The molecule has 2 aromatic rings. The van der Waals surface area contributed by atoms with Gasteiger partial charge in [-0.2, -0.15) is 0 Å². The van der Waals surface area contributed by atoms with Crippen LogP contribution in [0.4, 0.5) is 0 Å². The van der Waals surface area contributed by atoms with Crippen LogP contribution in [0.3, 0.4) is 0 Å². The van der Waals surface area contributed by atoms with Gasteiger partial charge >= 0.3 is 0 Å². The van der Waals surface area contributed by atoms with Crippen molar-refractivity contribution in [2.45, 2.75) is 82.5 Å². The number of carbonyl (C=O) groups is 1. The van der Waals surface area contributed by atoms with Crippen LogP contribution in [0.2, 0.25) is 0 Å². The molecule has 3 heterocycles. The molecule has 2 aliphatic heterocycles. The molecule has 6 heteroatoms. The Bertz CT molecular complexity index is 843. The van der Waals surface area contributed by atoms with E-state index in [1.807, 2.05) is 32.0 Å². The Labute approximate surface area is 166 Å². The molecule has 1 amide bonds. The number of hydrogen-bond acceptors (Lipinski definition) is 5. The summed E-state index contributed by atoms with van der Waals surface area (Å²) in [5.41, 5.74) is 7.67. The van der Waals surface area contributed by atoms with Crippen molar-refractivity contribution in [3.8, 4) is 0 Å². The Morgan fingerprint density at radius 1 is 1.29 bits per heavy atom. The predicted molar refractivity (Wildman–Crippen MR) is 110 cm³/mol. The molecule has 2 unspecified atom stereocenters. The average molecular weight is 385 g/mol. The molecule has 2 saturated heterocycles. The first-order chi connectivity index (χ1) is 13.4. The molecule has 3 N–H and O–H groups in total. The average Bonchev–Trinajstić information content (AvgIpc) is 3.13. The van der Waals surface area contributed by atoms with E-state index < -0.39 is 5.54 Å². The second-order valence-electron chi connectivity index (χ2n) is 8.58. The molecule has 1 aromatic heterocycles. The second kappa shape index (κ2) is 7.48. The van der Waals surface area contributed by atoms with Gasteiger partial charge in [-0.15, -0.1) is 0 Å². The van der Waals surface area contributed by atoms with Crippen LogP contribution in [-0.4, -0.2) is 41.0 Å². The van der Waals surface area contributed by atoms with Gasteiger partial charge in [-0.1, -0.05) is 26.3 Å². The number of nitrogens with two attached hydrogens (primary N) is 1. The summed E-state index contributed by atoms with van der Waals surface area (Å²) < 4.78 is 5.95.